The Labute approximate surface area is 160 Å². The summed E-state index contributed by atoms with van der Waals surface area (Å²) in [6.45, 7) is 11.2. The number of aryl methyl sites for hydroxylation is 1. The summed E-state index contributed by atoms with van der Waals surface area (Å²) in [4.78, 5) is 5.16. The minimum atomic E-state index is -0.219. The maximum atomic E-state index is 13.2. The molecule has 5 nitrogen and oxygen atoms in total. The Kier molecular flexibility index (Phi) is 5.57. The average Bonchev–Trinajstić information content (AvgIpc) is 2.98. The quantitative estimate of drug-likeness (QED) is 0.826. The number of nitrogens with zero attached hydrogens (tertiary/aromatic N) is 4. The molecular formula is C21H29FN4O. The largest absolute Gasteiger partial charge is 0.379 e. The van der Waals surface area contributed by atoms with E-state index in [0.29, 0.717) is 6.04 Å². The van der Waals surface area contributed by atoms with Crippen LogP contribution < -0.4 is 0 Å². The van der Waals surface area contributed by atoms with Crippen molar-refractivity contribution in [3.63, 3.8) is 0 Å². The third-order valence-corrected chi connectivity index (χ3v) is 5.94. The van der Waals surface area contributed by atoms with Crippen LogP contribution in [-0.4, -0.2) is 65.0 Å². The molecule has 1 aromatic carbocycles. The Morgan fingerprint density at radius 1 is 1.11 bits per heavy atom. The lowest BCUT2D eigenvalue weighted by molar-refractivity contribution is -0.00361. The Balaban J connectivity index is 1.48. The van der Waals surface area contributed by atoms with E-state index >= 15 is 0 Å². The molecule has 2 aliphatic heterocycles. The number of hydrogen-bond acceptors (Lipinski definition) is 4. The van der Waals surface area contributed by atoms with Gasteiger partial charge in [-0.15, -0.1) is 0 Å². The molecular weight excluding hydrogens is 343 g/mol. The summed E-state index contributed by atoms with van der Waals surface area (Å²) in [5.41, 5.74) is 4.41. The molecule has 0 unspecified atom stereocenters. The lowest BCUT2D eigenvalue weighted by Gasteiger charge is -2.41. The van der Waals surface area contributed by atoms with Crippen molar-refractivity contribution in [3.8, 4) is 5.69 Å². The Morgan fingerprint density at radius 3 is 2.59 bits per heavy atom. The number of benzene rings is 1. The summed E-state index contributed by atoms with van der Waals surface area (Å²) in [6, 6.07) is 7.18. The smallest absolute Gasteiger partial charge is 0.123 e. The number of piperidine rings is 1. The van der Waals surface area contributed by atoms with Crippen LogP contribution in [0.25, 0.3) is 5.69 Å². The van der Waals surface area contributed by atoms with Gasteiger partial charge in [-0.05, 0) is 57.5 Å². The number of morpholine rings is 1. The molecule has 0 saturated carbocycles. The fourth-order valence-electron chi connectivity index (χ4n) is 4.38. The average molecular weight is 372 g/mol. The molecule has 4 rings (SSSR count). The molecule has 0 spiro atoms. The predicted molar refractivity (Wildman–Crippen MR) is 104 cm³/mol. The number of hydrogen-bond donors (Lipinski definition) is 0. The van der Waals surface area contributed by atoms with Gasteiger partial charge in [0.05, 0.1) is 24.6 Å². The van der Waals surface area contributed by atoms with Gasteiger partial charge >= 0.3 is 0 Å². The molecule has 1 atom stereocenters. The summed E-state index contributed by atoms with van der Waals surface area (Å²) in [7, 11) is 0. The van der Waals surface area contributed by atoms with E-state index < -0.39 is 0 Å². The van der Waals surface area contributed by atoms with E-state index in [1.165, 1.54) is 30.5 Å². The molecule has 2 saturated heterocycles. The second-order valence-corrected chi connectivity index (χ2v) is 7.72. The first-order valence-corrected chi connectivity index (χ1v) is 9.97. The van der Waals surface area contributed by atoms with Gasteiger partial charge in [-0.3, -0.25) is 9.80 Å². The van der Waals surface area contributed by atoms with E-state index in [2.05, 4.69) is 23.6 Å². The second kappa shape index (κ2) is 8.09. The summed E-state index contributed by atoms with van der Waals surface area (Å²) < 4.78 is 20.7. The van der Waals surface area contributed by atoms with E-state index in [4.69, 9.17) is 9.84 Å². The molecule has 0 N–H and O–H groups in total. The van der Waals surface area contributed by atoms with Gasteiger partial charge < -0.3 is 4.74 Å². The van der Waals surface area contributed by atoms with Crippen LogP contribution in [0.15, 0.2) is 24.3 Å². The van der Waals surface area contributed by atoms with Crippen molar-refractivity contribution in [2.75, 3.05) is 39.4 Å². The van der Waals surface area contributed by atoms with E-state index in [0.717, 1.165) is 63.0 Å². The highest BCUT2D eigenvalue weighted by Gasteiger charge is 2.27. The van der Waals surface area contributed by atoms with Crippen LogP contribution in [0.3, 0.4) is 0 Å². The highest BCUT2D eigenvalue weighted by Crippen LogP contribution is 2.23. The topological polar surface area (TPSA) is 33.5 Å². The van der Waals surface area contributed by atoms with Gasteiger partial charge in [-0.2, -0.15) is 5.10 Å². The van der Waals surface area contributed by atoms with Crippen LogP contribution in [0.1, 0.15) is 29.8 Å². The molecule has 2 aromatic rings. The highest BCUT2D eigenvalue weighted by molar-refractivity contribution is 5.37. The van der Waals surface area contributed by atoms with Gasteiger partial charge in [0, 0.05) is 43.5 Å². The molecule has 2 aliphatic rings. The minimum absolute atomic E-state index is 0.219. The van der Waals surface area contributed by atoms with Crippen molar-refractivity contribution in [1.82, 2.24) is 19.6 Å². The summed E-state index contributed by atoms with van der Waals surface area (Å²) in [5, 5.41) is 4.73. The molecule has 27 heavy (non-hydrogen) atoms. The summed E-state index contributed by atoms with van der Waals surface area (Å²) in [6.07, 6.45) is 2.52. The van der Waals surface area contributed by atoms with Crippen LogP contribution in [0, 0.1) is 19.7 Å². The zero-order valence-electron chi connectivity index (χ0n) is 16.3. The first kappa shape index (κ1) is 18.6. The fourth-order valence-corrected chi connectivity index (χ4v) is 4.38. The lowest BCUT2D eigenvalue weighted by Crippen LogP contribution is -2.51. The summed E-state index contributed by atoms with van der Waals surface area (Å²) in [5.74, 6) is -0.219. The Bertz CT molecular complexity index is 767. The van der Waals surface area contributed by atoms with Gasteiger partial charge in [-0.25, -0.2) is 9.07 Å². The van der Waals surface area contributed by atoms with Gasteiger partial charge in [-0.1, -0.05) is 0 Å². The van der Waals surface area contributed by atoms with Crippen LogP contribution in [0.2, 0.25) is 0 Å². The van der Waals surface area contributed by atoms with Crippen molar-refractivity contribution >= 4 is 0 Å². The Morgan fingerprint density at radius 2 is 1.85 bits per heavy atom. The van der Waals surface area contributed by atoms with E-state index in [1.54, 1.807) is 12.1 Å². The zero-order valence-corrected chi connectivity index (χ0v) is 16.3. The molecule has 146 valence electrons. The molecule has 6 heteroatoms. The van der Waals surface area contributed by atoms with Crippen molar-refractivity contribution < 1.29 is 9.13 Å². The minimum Gasteiger partial charge on any atom is -0.379 e. The van der Waals surface area contributed by atoms with Crippen molar-refractivity contribution in [1.29, 1.82) is 0 Å². The van der Waals surface area contributed by atoms with Crippen molar-refractivity contribution in [2.45, 2.75) is 39.3 Å². The van der Waals surface area contributed by atoms with E-state index in [1.807, 2.05) is 4.68 Å². The third-order valence-electron chi connectivity index (χ3n) is 5.94. The van der Waals surface area contributed by atoms with Crippen LogP contribution in [0.5, 0.6) is 0 Å². The number of aromatic nitrogens is 2. The highest BCUT2D eigenvalue weighted by atomic mass is 19.1. The zero-order chi connectivity index (χ0) is 18.8. The van der Waals surface area contributed by atoms with Crippen LogP contribution in [0.4, 0.5) is 4.39 Å². The molecule has 0 amide bonds. The molecule has 0 bridgehead atoms. The van der Waals surface area contributed by atoms with Gasteiger partial charge in [0.25, 0.3) is 0 Å². The number of rotatable bonds is 4. The molecule has 2 fully saturated rings. The standard InChI is InChI=1S/C21H29FN4O/c1-16-21(17(2)26(23-16)19-7-5-18(22)6-8-19)15-24-9-3-4-20(14-24)25-10-12-27-13-11-25/h5-8,20H,3-4,9-15H2,1-2H3/t20-/m0/s1. The van der Waals surface area contributed by atoms with E-state index in [-0.39, 0.29) is 5.82 Å². The molecule has 3 heterocycles. The second-order valence-electron chi connectivity index (χ2n) is 7.72. The van der Waals surface area contributed by atoms with Crippen LogP contribution in [-0.2, 0) is 11.3 Å². The van der Waals surface area contributed by atoms with Crippen molar-refractivity contribution in [2.24, 2.45) is 0 Å². The number of likely N-dealkylation sites (tertiary alicyclic amines) is 1. The third kappa shape index (κ3) is 4.08. The van der Waals surface area contributed by atoms with E-state index in [9.17, 15) is 4.39 Å². The maximum absolute atomic E-state index is 13.2. The van der Waals surface area contributed by atoms with Crippen molar-refractivity contribution in [3.05, 3.63) is 47.0 Å². The number of ether oxygens (including phenoxy) is 1. The molecule has 0 aliphatic carbocycles. The SMILES string of the molecule is Cc1nn(-c2ccc(F)cc2)c(C)c1CN1CCC[C@H](N2CCOCC2)C1. The molecule has 1 aromatic heterocycles. The van der Waals surface area contributed by atoms with Crippen LogP contribution >= 0.6 is 0 Å². The molecule has 0 radical (unpaired) electrons. The number of halogens is 1. The Hall–Kier alpha value is -1.76. The maximum Gasteiger partial charge on any atom is 0.123 e. The fraction of sp³-hybridized carbons (Fsp3) is 0.571. The predicted octanol–water partition coefficient (Wildman–Crippen LogP) is 2.92. The first-order valence-electron chi connectivity index (χ1n) is 9.97. The first-order chi connectivity index (χ1) is 13.1. The van der Waals surface area contributed by atoms with Gasteiger partial charge in [0.2, 0.25) is 0 Å². The monoisotopic (exact) mass is 372 g/mol. The van der Waals surface area contributed by atoms with Gasteiger partial charge in [0.1, 0.15) is 5.82 Å². The normalized spacial score (nSPS) is 22.3. The van der Waals surface area contributed by atoms with Gasteiger partial charge in [0.15, 0.2) is 0 Å². The summed E-state index contributed by atoms with van der Waals surface area (Å²) >= 11 is 0. The lowest BCUT2D eigenvalue weighted by atomic mass is 10.0.